The average Bonchev–Trinajstić information content (AvgIpc) is 2.45. The van der Waals surface area contributed by atoms with Gasteiger partial charge in [-0.3, -0.25) is 4.79 Å². The maximum absolute atomic E-state index is 12.1. The van der Waals surface area contributed by atoms with E-state index in [1.165, 1.54) is 6.42 Å². The fourth-order valence-electron chi connectivity index (χ4n) is 2.80. The Labute approximate surface area is 117 Å². The number of rotatable bonds is 8. The molecule has 2 atom stereocenters. The summed E-state index contributed by atoms with van der Waals surface area (Å²) in [5.41, 5.74) is 0. The van der Waals surface area contributed by atoms with Crippen molar-refractivity contribution in [2.75, 3.05) is 33.4 Å². The van der Waals surface area contributed by atoms with Crippen molar-refractivity contribution in [3.8, 4) is 0 Å². The van der Waals surface area contributed by atoms with Crippen LogP contribution in [0.5, 0.6) is 0 Å². The van der Waals surface area contributed by atoms with Gasteiger partial charge >= 0.3 is 0 Å². The van der Waals surface area contributed by atoms with Crippen molar-refractivity contribution < 1.29 is 9.53 Å². The lowest BCUT2D eigenvalue weighted by Gasteiger charge is -2.39. The second-order valence-electron chi connectivity index (χ2n) is 5.45. The Hall–Kier alpha value is -0.610. The van der Waals surface area contributed by atoms with E-state index >= 15 is 0 Å². The summed E-state index contributed by atoms with van der Waals surface area (Å²) in [6, 6.07) is 0.591. The maximum Gasteiger partial charge on any atom is 0.222 e. The molecule has 1 aliphatic rings. The van der Waals surface area contributed by atoms with Crippen LogP contribution in [0.3, 0.4) is 0 Å². The first-order chi connectivity index (χ1) is 9.22. The van der Waals surface area contributed by atoms with Crippen molar-refractivity contribution >= 4 is 5.91 Å². The fourth-order valence-corrected chi connectivity index (χ4v) is 2.80. The van der Waals surface area contributed by atoms with E-state index in [9.17, 15) is 4.79 Å². The molecule has 0 saturated carbocycles. The van der Waals surface area contributed by atoms with Crippen LogP contribution in [0, 0.1) is 5.92 Å². The molecule has 1 fully saturated rings. The molecule has 0 bridgehead atoms. The second-order valence-corrected chi connectivity index (χ2v) is 5.45. The Bertz CT molecular complexity index is 259. The molecule has 0 aliphatic carbocycles. The zero-order valence-corrected chi connectivity index (χ0v) is 12.8. The van der Waals surface area contributed by atoms with Gasteiger partial charge in [0.15, 0.2) is 0 Å². The molecule has 0 spiro atoms. The number of likely N-dealkylation sites (tertiary alicyclic amines) is 1. The highest BCUT2D eigenvalue weighted by atomic mass is 16.5. The smallest absolute Gasteiger partial charge is 0.222 e. The molecule has 1 heterocycles. The van der Waals surface area contributed by atoms with E-state index in [0.717, 1.165) is 38.9 Å². The van der Waals surface area contributed by atoms with Crippen LogP contribution in [0.15, 0.2) is 0 Å². The molecule has 1 aliphatic heterocycles. The van der Waals surface area contributed by atoms with E-state index in [1.807, 2.05) is 4.90 Å². The third kappa shape index (κ3) is 5.49. The summed E-state index contributed by atoms with van der Waals surface area (Å²) in [6.07, 6.45) is 4.86. The number of nitrogens with one attached hydrogen (secondary N) is 1. The topological polar surface area (TPSA) is 41.6 Å². The quantitative estimate of drug-likeness (QED) is 0.686. The van der Waals surface area contributed by atoms with Crippen molar-refractivity contribution in [2.24, 2.45) is 5.92 Å². The first-order valence-corrected chi connectivity index (χ1v) is 7.73. The number of carbonyl (C=O) groups excluding carboxylic acids is 1. The highest BCUT2D eigenvalue weighted by Crippen LogP contribution is 2.21. The Morgan fingerprint density at radius 1 is 1.42 bits per heavy atom. The molecule has 1 rings (SSSR count). The van der Waals surface area contributed by atoms with E-state index in [2.05, 4.69) is 19.2 Å². The SMILES string of the molecule is CCCNC1CCN(C(=O)CCCOC)CC1CC. The van der Waals surface area contributed by atoms with Crippen molar-refractivity contribution in [3.05, 3.63) is 0 Å². The molecule has 0 radical (unpaired) electrons. The molecule has 0 aromatic rings. The number of hydrogen-bond donors (Lipinski definition) is 1. The largest absolute Gasteiger partial charge is 0.385 e. The van der Waals surface area contributed by atoms with Crippen molar-refractivity contribution in [1.29, 1.82) is 0 Å². The van der Waals surface area contributed by atoms with Crippen LogP contribution >= 0.6 is 0 Å². The molecular weight excluding hydrogens is 240 g/mol. The minimum absolute atomic E-state index is 0.296. The van der Waals surface area contributed by atoms with Crippen molar-refractivity contribution in [2.45, 2.75) is 52.0 Å². The molecular formula is C15H30N2O2. The first-order valence-electron chi connectivity index (χ1n) is 7.73. The molecule has 1 N–H and O–H groups in total. The van der Waals surface area contributed by atoms with Gasteiger partial charge in [-0.25, -0.2) is 0 Å². The minimum atomic E-state index is 0.296. The normalized spacial score (nSPS) is 23.6. The summed E-state index contributed by atoms with van der Waals surface area (Å²) in [4.78, 5) is 14.2. The van der Waals surface area contributed by atoms with Crippen LogP contribution in [0.4, 0.5) is 0 Å². The molecule has 0 aromatic carbocycles. The van der Waals surface area contributed by atoms with E-state index in [4.69, 9.17) is 4.74 Å². The molecule has 4 heteroatoms. The number of hydrogen-bond acceptors (Lipinski definition) is 3. The molecule has 0 aromatic heterocycles. The van der Waals surface area contributed by atoms with Gasteiger partial charge in [-0.15, -0.1) is 0 Å². The Kier molecular flexibility index (Phi) is 8.07. The van der Waals surface area contributed by atoms with E-state index < -0.39 is 0 Å². The number of amides is 1. The zero-order chi connectivity index (χ0) is 14.1. The maximum atomic E-state index is 12.1. The number of carbonyl (C=O) groups is 1. The molecule has 4 nitrogen and oxygen atoms in total. The summed E-state index contributed by atoms with van der Waals surface area (Å²) in [6.45, 7) is 8.01. The van der Waals surface area contributed by atoms with Crippen LogP contribution in [0.25, 0.3) is 0 Å². The first kappa shape index (κ1) is 16.4. The second kappa shape index (κ2) is 9.32. The number of ether oxygens (including phenoxy) is 1. The van der Waals surface area contributed by atoms with E-state index in [-0.39, 0.29) is 0 Å². The van der Waals surface area contributed by atoms with Crippen LogP contribution in [0.2, 0.25) is 0 Å². The molecule has 1 amide bonds. The van der Waals surface area contributed by atoms with Gasteiger partial charge < -0.3 is 15.0 Å². The fraction of sp³-hybridized carbons (Fsp3) is 0.933. The summed E-state index contributed by atoms with van der Waals surface area (Å²) in [7, 11) is 1.68. The van der Waals surface area contributed by atoms with Gasteiger partial charge in [0.05, 0.1) is 0 Å². The Balaban J connectivity index is 2.37. The number of piperidine rings is 1. The highest BCUT2D eigenvalue weighted by molar-refractivity contribution is 5.76. The molecule has 112 valence electrons. The lowest BCUT2D eigenvalue weighted by atomic mass is 9.89. The van der Waals surface area contributed by atoms with Gasteiger partial charge in [-0.1, -0.05) is 20.3 Å². The summed E-state index contributed by atoms with van der Waals surface area (Å²) in [5.74, 6) is 0.899. The predicted octanol–water partition coefficient (Wildman–Crippen LogP) is 2.04. The van der Waals surface area contributed by atoms with Gasteiger partial charge in [0.25, 0.3) is 0 Å². The van der Waals surface area contributed by atoms with E-state index in [1.54, 1.807) is 7.11 Å². The van der Waals surface area contributed by atoms with Crippen LogP contribution in [0.1, 0.15) is 46.0 Å². The number of nitrogens with zero attached hydrogens (tertiary/aromatic N) is 1. The summed E-state index contributed by atoms with van der Waals surface area (Å²) in [5, 5.41) is 3.63. The average molecular weight is 270 g/mol. The summed E-state index contributed by atoms with van der Waals surface area (Å²) < 4.78 is 5.00. The standard InChI is InChI=1S/C15H30N2O2/c1-4-9-16-14-8-10-17(12-13(14)5-2)15(18)7-6-11-19-3/h13-14,16H,4-12H2,1-3H3. The molecule has 2 unspecified atom stereocenters. The third-order valence-corrected chi connectivity index (χ3v) is 4.01. The third-order valence-electron chi connectivity index (χ3n) is 4.01. The predicted molar refractivity (Wildman–Crippen MR) is 78.2 cm³/mol. The lowest BCUT2D eigenvalue weighted by Crippen LogP contribution is -2.51. The minimum Gasteiger partial charge on any atom is -0.385 e. The van der Waals surface area contributed by atoms with Gasteiger partial charge in [-0.2, -0.15) is 0 Å². The van der Waals surface area contributed by atoms with Crippen LogP contribution in [-0.4, -0.2) is 50.2 Å². The van der Waals surface area contributed by atoms with Crippen LogP contribution in [-0.2, 0) is 9.53 Å². The Morgan fingerprint density at radius 2 is 2.21 bits per heavy atom. The van der Waals surface area contributed by atoms with Crippen molar-refractivity contribution in [1.82, 2.24) is 10.2 Å². The van der Waals surface area contributed by atoms with Crippen molar-refractivity contribution in [3.63, 3.8) is 0 Å². The van der Waals surface area contributed by atoms with E-state index in [0.29, 0.717) is 30.9 Å². The lowest BCUT2D eigenvalue weighted by molar-refractivity contribution is -0.133. The summed E-state index contributed by atoms with van der Waals surface area (Å²) >= 11 is 0. The molecule has 1 saturated heterocycles. The zero-order valence-electron chi connectivity index (χ0n) is 12.8. The Morgan fingerprint density at radius 3 is 2.84 bits per heavy atom. The van der Waals surface area contributed by atoms with Crippen LogP contribution < -0.4 is 5.32 Å². The van der Waals surface area contributed by atoms with Gasteiger partial charge in [-0.05, 0) is 31.7 Å². The number of methoxy groups -OCH3 is 1. The van der Waals surface area contributed by atoms with Gasteiger partial charge in [0, 0.05) is 39.3 Å². The van der Waals surface area contributed by atoms with Gasteiger partial charge in [0.1, 0.15) is 0 Å². The van der Waals surface area contributed by atoms with Gasteiger partial charge in [0.2, 0.25) is 5.91 Å². The molecule has 19 heavy (non-hydrogen) atoms. The monoisotopic (exact) mass is 270 g/mol. The highest BCUT2D eigenvalue weighted by Gasteiger charge is 2.29.